The number of rotatable bonds is 7. The van der Waals surface area contributed by atoms with Crippen molar-refractivity contribution in [2.75, 3.05) is 18.5 Å². The number of halogens is 2. The van der Waals surface area contributed by atoms with Gasteiger partial charge in [0.05, 0.1) is 6.54 Å². The van der Waals surface area contributed by atoms with Crippen LogP contribution < -0.4 is 10.6 Å². The molecule has 7 heteroatoms. The van der Waals surface area contributed by atoms with Gasteiger partial charge in [0.15, 0.2) is 0 Å². The van der Waals surface area contributed by atoms with Gasteiger partial charge in [-0.2, -0.15) is 0 Å². The van der Waals surface area contributed by atoms with E-state index in [-0.39, 0.29) is 24.5 Å². The monoisotopic (exact) mass is 500 g/mol. The van der Waals surface area contributed by atoms with Crippen LogP contribution in [0, 0.1) is 23.7 Å². The smallest absolute Gasteiger partial charge is 0.411 e. The minimum atomic E-state index is -0.560. The van der Waals surface area contributed by atoms with Crippen LogP contribution in [0.5, 0.6) is 0 Å². The molecule has 6 rings (SSSR count). The van der Waals surface area contributed by atoms with Gasteiger partial charge in [0, 0.05) is 27.6 Å². The molecule has 180 valence electrons. The largest absolute Gasteiger partial charge is 0.447 e. The molecular formula is C27H30Cl2N2O3. The van der Waals surface area contributed by atoms with E-state index in [0.29, 0.717) is 29.0 Å². The predicted molar refractivity (Wildman–Crippen MR) is 134 cm³/mol. The molecular weight excluding hydrogens is 471 g/mol. The molecule has 4 bridgehead atoms. The number of hydrogen-bond donors (Lipinski definition) is 2. The Hall–Kier alpha value is -2.24. The van der Waals surface area contributed by atoms with Crippen molar-refractivity contribution >= 4 is 40.9 Å². The van der Waals surface area contributed by atoms with Crippen molar-refractivity contribution in [1.29, 1.82) is 0 Å². The molecule has 0 radical (unpaired) electrons. The maximum Gasteiger partial charge on any atom is 0.411 e. The van der Waals surface area contributed by atoms with Gasteiger partial charge in [0.1, 0.15) is 6.61 Å². The molecule has 4 fully saturated rings. The average molecular weight is 501 g/mol. The number of nitrogens with one attached hydrogen (secondary N) is 2. The van der Waals surface area contributed by atoms with Crippen LogP contribution in [0.4, 0.5) is 10.5 Å². The first-order valence-electron chi connectivity index (χ1n) is 12.1. The third-order valence-corrected chi connectivity index (χ3v) is 8.68. The van der Waals surface area contributed by atoms with Crippen molar-refractivity contribution in [1.82, 2.24) is 5.32 Å². The predicted octanol–water partition coefficient (Wildman–Crippen LogP) is 6.44. The molecule has 0 unspecified atom stereocenters. The second-order valence-corrected chi connectivity index (χ2v) is 11.0. The molecule has 4 saturated carbocycles. The Kier molecular flexibility index (Phi) is 6.76. The zero-order chi connectivity index (χ0) is 23.7. The van der Waals surface area contributed by atoms with Gasteiger partial charge in [-0.25, -0.2) is 4.79 Å². The summed E-state index contributed by atoms with van der Waals surface area (Å²) < 4.78 is 5.22. The van der Waals surface area contributed by atoms with Crippen LogP contribution >= 0.6 is 23.2 Å². The van der Waals surface area contributed by atoms with Gasteiger partial charge in [-0.3, -0.25) is 10.1 Å². The Morgan fingerprint density at radius 1 is 0.853 bits per heavy atom. The van der Waals surface area contributed by atoms with E-state index < -0.39 is 6.09 Å². The zero-order valence-electron chi connectivity index (χ0n) is 19.1. The molecule has 0 aromatic heterocycles. The van der Waals surface area contributed by atoms with Crippen molar-refractivity contribution < 1.29 is 14.3 Å². The summed E-state index contributed by atoms with van der Waals surface area (Å²) >= 11 is 12.0. The van der Waals surface area contributed by atoms with Crippen LogP contribution in [-0.4, -0.2) is 25.2 Å². The highest BCUT2D eigenvalue weighted by Gasteiger charge is 2.58. The van der Waals surface area contributed by atoms with E-state index in [2.05, 4.69) is 22.8 Å². The Bertz CT molecular complexity index is 1010. The summed E-state index contributed by atoms with van der Waals surface area (Å²) in [6.45, 7) is 0.389. The first kappa shape index (κ1) is 23.5. The van der Waals surface area contributed by atoms with Gasteiger partial charge in [0.25, 0.3) is 0 Å². The summed E-state index contributed by atoms with van der Waals surface area (Å²) in [5.41, 5.74) is 1.72. The first-order valence-corrected chi connectivity index (χ1v) is 12.9. The van der Waals surface area contributed by atoms with Crippen LogP contribution in [0.3, 0.4) is 0 Å². The Morgan fingerprint density at radius 2 is 1.41 bits per heavy atom. The summed E-state index contributed by atoms with van der Waals surface area (Å²) in [5.74, 6) is 2.73. The molecule has 0 aliphatic heterocycles. The van der Waals surface area contributed by atoms with Crippen LogP contribution in [0.1, 0.15) is 44.1 Å². The minimum Gasteiger partial charge on any atom is -0.447 e. The lowest BCUT2D eigenvalue weighted by atomic mass is 9.43. The van der Waals surface area contributed by atoms with E-state index in [0.717, 1.165) is 16.9 Å². The van der Waals surface area contributed by atoms with Crippen molar-refractivity contribution in [2.45, 2.75) is 43.9 Å². The number of anilines is 1. The fourth-order valence-electron chi connectivity index (χ4n) is 7.00. The first-order chi connectivity index (χ1) is 16.4. The molecule has 4 aliphatic rings. The number of carbonyl (C=O) groups excluding carboxylic acids is 2. The maximum atomic E-state index is 13.1. The highest BCUT2D eigenvalue weighted by Crippen LogP contribution is 2.64. The molecule has 5 nitrogen and oxygen atoms in total. The lowest BCUT2D eigenvalue weighted by molar-refractivity contribution is -0.129. The summed E-state index contributed by atoms with van der Waals surface area (Å²) in [5, 5.41) is 6.95. The fraction of sp³-hybridized carbons (Fsp3) is 0.481. The van der Waals surface area contributed by atoms with Crippen molar-refractivity contribution in [3.63, 3.8) is 0 Å². The van der Waals surface area contributed by atoms with Crippen LogP contribution in [0.2, 0.25) is 10.0 Å². The molecule has 0 spiro atoms. The second kappa shape index (κ2) is 9.79. The van der Waals surface area contributed by atoms with Gasteiger partial charge in [-0.1, -0.05) is 35.3 Å². The molecule has 0 heterocycles. The van der Waals surface area contributed by atoms with Gasteiger partial charge < -0.3 is 10.1 Å². The number of carbonyl (C=O) groups is 2. The minimum absolute atomic E-state index is 0.0177. The quantitative estimate of drug-likeness (QED) is 0.429. The third kappa shape index (κ3) is 4.78. The van der Waals surface area contributed by atoms with Gasteiger partial charge in [-0.15, -0.1) is 0 Å². The SMILES string of the molecule is O=C(CC1(c2ccc(Cl)cc2)C2CC3CC(C2)CC1C3)NCCOC(=O)Nc1ccc(Cl)cc1. The average Bonchev–Trinajstić information content (AvgIpc) is 2.81. The van der Waals surface area contributed by atoms with E-state index in [1.807, 2.05) is 12.1 Å². The lowest BCUT2D eigenvalue weighted by Gasteiger charge is -2.61. The molecule has 2 aromatic rings. The highest BCUT2D eigenvalue weighted by atomic mass is 35.5. The Labute approximate surface area is 210 Å². The number of amides is 2. The standard InChI is InChI=1S/C27H30Cl2N2O3/c28-22-3-1-19(2-4-22)27(20-12-17-11-18(14-20)15-21(27)13-17)16-25(32)30-9-10-34-26(33)31-24-7-5-23(29)6-8-24/h1-8,17-18,20-21H,9-16H2,(H,30,32)(H,31,33). The third-order valence-electron chi connectivity index (χ3n) is 8.18. The summed E-state index contributed by atoms with van der Waals surface area (Å²) in [6, 6.07) is 14.9. The second-order valence-electron chi connectivity index (χ2n) is 10.1. The van der Waals surface area contributed by atoms with Crippen LogP contribution in [-0.2, 0) is 14.9 Å². The van der Waals surface area contributed by atoms with Crippen molar-refractivity contribution in [2.24, 2.45) is 23.7 Å². The topological polar surface area (TPSA) is 67.4 Å². The molecule has 2 N–H and O–H groups in total. The van der Waals surface area contributed by atoms with Gasteiger partial charge in [0.2, 0.25) is 5.91 Å². The Balaban J connectivity index is 1.19. The van der Waals surface area contributed by atoms with E-state index in [4.69, 9.17) is 27.9 Å². The molecule has 2 aromatic carbocycles. The fourth-order valence-corrected chi connectivity index (χ4v) is 7.25. The van der Waals surface area contributed by atoms with Gasteiger partial charge >= 0.3 is 6.09 Å². The lowest BCUT2D eigenvalue weighted by Crippen LogP contribution is -2.57. The molecule has 4 aliphatic carbocycles. The molecule has 0 saturated heterocycles. The summed E-state index contributed by atoms with van der Waals surface area (Å²) in [4.78, 5) is 25.1. The summed E-state index contributed by atoms with van der Waals surface area (Å²) in [6.07, 6.45) is 6.16. The zero-order valence-corrected chi connectivity index (χ0v) is 20.6. The van der Waals surface area contributed by atoms with E-state index >= 15 is 0 Å². The molecule has 0 atom stereocenters. The van der Waals surface area contributed by atoms with E-state index in [9.17, 15) is 9.59 Å². The maximum absolute atomic E-state index is 13.1. The van der Waals surface area contributed by atoms with Crippen molar-refractivity contribution in [3.05, 3.63) is 64.1 Å². The van der Waals surface area contributed by atoms with Crippen LogP contribution in [0.15, 0.2) is 48.5 Å². The molecule has 2 amide bonds. The highest BCUT2D eigenvalue weighted by molar-refractivity contribution is 6.30. The van der Waals surface area contributed by atoms with E-state index in [1.165, 1.54) is 37.7 Å². The van der Waals surface area contributed by atoms with Gasteiger partial charge in [-0.05, 0) is 97.7 Å². The normalized spacial score (nSPS) is 29.0. The number of hydrogen-bond acceptors (Lipinski definition) is 3. The van der Waals surface area contributed by atoms with Crippen LogP contribution in [0.25, 0.3) is 0 Å². The number of ether oxygens (including phenoxy) is 1. The summed E-state index contributed by atoms with van der Waals surface area (Å²) in [7, 11) is 0. The molecule has 34 heavy (non-hydrogen) atoms. The number of benzene rings is 2. The Morgan fingerprint density at radius 3 is 2.00 bits per heavy atom. The van der Waals surface area contributed by atoms with E-state index in [1.54, 1.807) is 24.3 Å². The van der Waals surface area contributed by atoms with Crippen molar-refractivity contribution in [3.8, 4) is 0 Å².